The van der Waals surface area contributed by atoms with Gasteiger partial charge in [0.25, 0.3) is 0 Å². The normalized spacial score (nSPS) is 19.2. The number of methoxy groups -OCH3 is 2. The van der Waals surface area contributed by atoms with Crippen molar-refractivity contribution < 1.29 is 19.1 Å². The second kappa shape index (κ2) is 7.66. The molecule has 0 saturated heterocycles. The Bertz CT molecular complexity index is 644. The minimum Gasteiger partial charge on any atom is -0.497 e. The minimum atomic E-state index is -0.528. The predicted molar refractivity (Wildman–Crippen MR) is 98.1 cm³/mol. The first-order chi connectivity index (χ1) is 12.5. The molecule has 2 N–H and O–H groups in total. The van der Waals surface area contributed by atoms with E-state index in [2.05, 4.69) is 10.6 Å². The van der Waals surface area contributed by atoms with Gasteiger partial charge in [-0.15, -0.1) is 0 Å². The molecule has 2 aliphatic carbocycles. The molecule has 2 amide bonds. The number of ether oxygens (including phenoxy) is 2. The zero-order valence-electron chi connectivity index (χ0n) is 15.6. The molecule has 2 saturated carbocycles. The molecule has 0 atom stereocenters. The zero-order valence-corrected chi connectivity index (χ0v) is 15.6. The van der Waals surface area contributed by atoms with Crippen molar-refractivity contribution in [3.8, 4) is 5.75 Å². The number of benzene rings is 1. The first-order valence-corrected chi connectivity index (χ1v) is 9.22. The Morgan fingerprint density at radius 3 is 2.31 bits per heavy atom. The number of nitrogens with one attached hydrogen (secondary N) is 2. The molecule has 6 nitrogen and oxygen atoms in total. The number of hydrogen-bond donors (Lipinski definition) is 2. The Kier molecular flexibility index (Phi) is 5.51. The van der Waals surface area contributed by atoms with Crippen molar-refractivity contribution in [3.05, 3.63) is 29.8 Å². The van der Waals surface area contributed by atoms with E-state index in [1.807, 2.05) is 24.3 Å². The standard InChI is InChI=1S/C20H28N2O4/c1-25-11-10-21-17(23)12-22-18(24)20(13-19(14-20)8-3-9-19)15-4-6-16(26-2)7-5-15/h4-7H,3,8-14H2,1-2H3,(H,21,23)(H,22,24). The summed E-state index contributed by atoms with van der Waals surface area (Å²) >= 11 is 0. The summed E-state index contributed by atoms with van der Waals surface area (Å²) in [5.41, 5.74) is 0.811. The molecule has 3 rings (SSSR count). The summed E-state index contributed by atoms with van der Waals surface area (Å²) in [6.07, 6.45) is 5.39. The first-order valence-electron chi connectivity index (χ1n) is 9.22. The van der Waals surface area contributed by atoms with Crippen LogP contribution in [0.2, 0.25) is 0 Å². The summed E-state index contributed by atoms with van der Waals surface area (Å²) in [7, 11) is 3.21. The molecule has 0 aromatic heterocycles. The molecular weight excluding hydrogens is 332 g/mol. The molecule has 142 valence electrons. The molecule has 0 aliphatic heterocycles. The van der Waals surface area contributed by atoms with Gasteiger partial charge in [0, 0.05) is 13.7 Å². The molecule has 0 heterocycles. The molecule has 1 spiro atoms. The van der Waals surface area contributed by atoms with Gasteiger partial charge in [0.15, 0.2) is 0 Å². The fourth-order valence-corrected chi connectivity index (χ4v) is 4.35. The quantitative estimate of drug-likeness (QED) is 0.693. The van der Waals surface area contributed by atoms with Gasteiger partial charge in [-0.05, 0) is 48.8 Å². The lowest BCUT2D eigenvalue weighted by atomic mass is 9.43. The smallest absolute Gasteiger partial charge is 0.239 e. The van der Waals surface area contributed by atoms with Gasteiger partial charge in [-0.1, -0.05) is 18.6 Å². The van der Waals surface area contributed by atoms with Crippen LogP contribution in [0.4, 0.5) is 0 Å². The lowest BCUT2D eigenvalue weighted by Gasteiger charge is -2.60. The average Bonchev–Trinajstić information content (AvgIpc) is 2.58. The molecule has 1 aromatic carbocycles. The lowest BCUT2D eigenvalue weighted by Crippen LogP contribution is -2.61. The van der Waals surface area contributed by atoms with Crippen LogP contribution >= 0.6 is 0 Å². The topological polar surface area (TPSA) is 76.7 Å². The van der Waals surface area contributed by atoms with Gasteiger partial charge in [0.1, 0.15) is 5.75 Å². The Labute approximate surface area is 154 Å². The van der Waals surface area contributed by atoms with Crippen LogP contribution in [0.15, 0.2) is 24.3 Å². The van der Waals surface area contributed by atoms with Crippen molar-refractivity contribution >= 4 is 11.8 Å². The van der Waals surface area contributed by atoms with E-state index in [1.54, 1.807) is 14.2 Å². The summed E-state index contributed by atoms with van der Waals surface area (Å²) in [6.45, 7) is 0.892. The monoisotopic (exact) mass is 360 g/mol. The van der Waals surface area contributed by atoms with E-state index in [1.165, 1.54) is 19.3 Å². The maximum absolute atomic E-state index is 13.0. The van der Waals surface area contributed by atoms with Crippen molar-refractivity contribution in [2.24, 2.45) is 5.41 Å². The highest BCUT2D eigenvalue weighted by Crippen LogP contribution is 2.65. The Morgan fingerprint density at radius 2 is 1.77 bits per heavy atom. The number of hydrogen-bond acceptors (Lipinski definition) is 4. The van der Waals surface area contributed by atoms with E-state index in [9.17, 15) is 9.59 Å². The Hall–Kier alpha value is -2.08. The number of rotatable bonds is 8. The third-order valence-electron chi connectivity index (χ3n) is 5.88. The Balaban J connectivity index is 1.66. The zero-order chi connectivity index (χ0) is 18.6. The van der Waals surface area contributed by atoms with E-state index in [0.29, 0.717) is 18.6 Å². The van der Waals surface area contributed by atoms with Crippen LogP contribution < -0.4 is 15.4 Å². The van der Waals surface area contributed by atoms with E-state index in [-0.39, 0.29) is 18.4 Å². The second-order valence-corrected chi connectivity index (χ2v) is 7.54. The van der Waals surface area contributed by atoms with Crippen LogP contribution in [-0.2, 0) is 19.7 Å². The van der Waals surface area contributed by atoms with Gasteiger partial charge in [-0.2, -0.15) is 0 Å². The van der Waals surface area contributed by atoms with Crippen LogP contribution in [0, 0.1) is 5.41 Å². The van der Waals surface area contributed by atoms with E-state index in [0.717, 1.165) is 24.2 Å². The lowest BCUT2D eigenvalue weighted by molar-refractivity contribution is -0.143. The molecule has 0 unspecified atom stereocenters. The fourth-order valence-electron chi connectivity index (χ4n) is 4.35. The summed E-state index contributed by atoms with van der Waals surface area (Å²) in [6, 6.07) is 7.74. The molecule has 6 heteroatoms. The maximum Gasteiger partial charge on any atom is 0.239 e. The molecule has 0 radical (unpaired) electrons. The molecule has 2 fully saturated rings. The van der Waals surface area contributed by atoms with E-state index >= 15 is 0 Å². The van der Waals surface area contributed by atoms with Crippen molar-refractivity contribution in [3.63, 3.8) is 0 Å². The molecule has 0 bridgehead atoms. The highest BCUT2D eigenvalue weighted by molar-refractivity contribution is 5.92. The van der Waals surface area contributed by atoms with Crippen LogP contribution in [0.25, 0.3) is 0 Å². The van der Waals surface area contributed by atoms with Crippen LogP contribution in [0.3, 0.4) is 0 Å². The largest absolute Gasteiger partial charge is 0.497 e. The SMILES string of the molecule is COCCNC(=O)CNC(=O)C1(c2ccc(OC)cc2)CC2(CCC2)C1. The number of carbonyl (C=O) groups excluding carboxylic acids is 2. The third-order valence-corrected chi connectivity index (χ3v) is 5.88. The summed E-state index contributed by atoms with van der Waals surface area (Å²) in [5.74, 6) is 0.527. The molecule has 2 aliphatic rings. The van der Waals surface area contributed by atoms with Gasteiger partial charge in [0.05, 0.1) is 25.7 Å². The predicted octanol–water partition coefficient (Wildman–Crippen LogP) is 1.78. The van der Waals surface area contributed by atoms with Gasteiger partial charge >= 0.3 is 0 Å². The van der Waals surface area contributed by atoms with E-state index < -0.39 is 5.41 Å². The van der Waals surface area contributed by atoms with Gasteiger partial charge in [-0.3, -0.25) is 9.59 Å². The van der Waals surface area contributed by atoms with E-state index in [4.69, 9.17) is 9.47 Å². The van der Waals surface area contributed by atoms with Gasteiger partial charge < -0.3 is 20.1 Å². The maximum atomic E-state index is 13.0. The summed E-state index contributed by atoms with van der Waals surface area (Å²) in [5, 5.41) is 5.57. The molecule has 26 heavy (non-hydrogen) atoms. The fraction of sp³-hybridized carbons (Fsp3) is 0.600. The van der Waals surface area contributed by atoms with Gasteiger partial charge in [-0.25, -0.2) is 0 Å². The van der Waals surface area contributed by atoms with Crippen molar-refractivity contribution in [2.45, 2.75) is 37.5 Å². The highest BCUT2D eigenvalue weighted by atomic mass is 16.5. The van der Waals surface area contributed by atoms with Crippen LogP contribution in [0.1, 0.15) is 37.7 Å². The van der Waals surface area contributed by atoms with Crippen LogP contribution in [0.5, 0.6) is 5.75 Å². The van der Waals surface area contributed by atoms with Crippen molar-refractivity contribution in [2.75, 3.05) is 33.9 Å². The summed E-state index contributed by atoms with van der Waals surface area (Å²) in [4.78, 5) is 24.9. The average molecular weight is 360 g/mol. The van der Waals surface area contributed by atoms with Crippen molar-refractivity contribution in [1.82, 2.24) is 10.6 Å². The summed E-state index contributed by atoms with van der Waals surface area (Å²) < 4.78 is 10.1. The molecular formula is C20H28N2O4. The Morgan fingerprint density at radius 1 is 1.08 bits per heavy atom. The highest BCUT2D eigenvalue weighted by Gasteiger charge is 2.61. The first kappa shape index (κ1) is 18.7. The second-order valence-electron chi connectivity index (χ2n) is 7.54. The number of amides is 2. The van der Waals surface area contributed by atoms with Gasteiger partial charge in [0.2, 0.25) is 11.8 Å². The van der Waals surface area contributed by atoms with Crippen LogP contribution in [-0.4, -0.2) is 45.7 Å². The van der Waals surface area contributed by atoms with Crippen molar-refractivity contribution in [1.29, 1.82) is 0 Å². The molecule has 1 aromatic rings. The number of carbonyl (C=O) groups is 2. The third kappa shape index (κ3) is 3.56. The minimum absolute atomic E-state index is 0.00650.